The molecule has 0 atom stereocenters. The summed E-state index contributed by atoms with van der Waals surface area (Å²) in [5.41, 5.74) is -0.929. The molecule has 2 aliphatic rings. The van der Waals surface area contributed by atoms with Crippen molar-refractivity contribution in [3.63, 3.8) is 0 Å². The van der Waals surface area contributed by atoms with Gasteiger partial charge >= 0.3 is 5.97 Å². The number of nitrogens with zero attached hydrogens (tertiary/aromatic N) is 1. The molecule has 22 heavy (non-hydrogen) atoms. The van der Waals surface area contributed by atoms with Crippen LogP contribution in [-0.2, 0) is 11.2 Å². The minimum absolute atomic E-state index is 0.0782. The first-order chi connectivity index (χ1) is 10.5. The normalized spacial score (nSPS) is 17.5. The first-order valence-corrected chi connectivity index (χ1v) is 6.92. The van der Waals surface area contributed by atoms with Crippen molar-refractivity contribution in [2.24, 2.45) is 0 Å². The second kappa shape index (κ2) is 4.34. The van der Waals surface area contributed by atoms with Crippen LogP contribution in [0.3, 0.4) is 0 Å². The maximum Gasteiger partial charge on any atom is 0.343 e. The van der Waals surface area contributed by atoms with E-state index in [1.807, 2.05) is 0 Å². The number of pyridine rings is 1. The fourth-order valence-electron chi connectivity index (χ4n) is 3.02. The predicted octanol–water partition coefficient (Wildman–Crippen LogP) is 2.47. The number of esters is 1. The molecule has 1 saturated carbocycles. The minimum atomic E-state index is -1.61. The first-order valence-electron chi connectivity index (χ1n) is 6.92. The fraction of sp³-hybridized carbons (Fsp3) is 0.333. The van der Waals surface area contributed by atoms with Gasteiger partial charge in [0.2, 0.25) is 5.43 Å². The zero-order chi connectivity index (χ0) is 15.6. The Bertz CT molecular complexity index is 900. The van der Waals surface area contributed by atoms with E-state index in [-0.39, 0.29) is 35.5 Å². The average Bonchev–Trinajstić information content (AvgIpc) is 3.31. The van der Waals surface area contributed by atoms with Gasteiger partial charge in [0.25, 0.3) is 0 Å². The van der Waals surface area contributed by atoms with Crippen LogP contribution in [0.15, 0.2) is 10.9 Å². The van der Waals surface area contributed by atoms with Crippen molar-refractivity contribution in [2.75, 3.05) is 6.61 Å². The average molecular weight is 309 g/mol. The topological polar surface area (TPSA) is 48.3 Å². The maximum atomic E-state index is 14.3. The molecule has 0 bridgehead atoms. The lowest BCUT2D eigenvalue weighted by atomic mass is 10.0. The summed E-state index contributed by atoms with van der Waals surface area (Å²) in [5, 5.41) is -0.332. The number of benzene rings is 1. The van der Waals surface area contributed by atoms with E-state index in [1.54, 1.807) is 0 Å². The highest BCUT2D eigenvalue weighted by Gasteiger charge is 2.35. The van der Waals surface area contributed by atoms with Crippen LogP contribution in [0.2, 0.25) is 0 Å². The van der Waals surface area contributed by atoms with E-state index in [0.717, 1.165) is 12.8 Å². The van der Waals surface area contributed by atoms with Gasteiger partial charge in [0.15, 0.2) is 17.5 Å². The minimum Gasteiger partial charge on any atom is -0.462 e. The molecule has 1 aromatic heterocycles. The van der Waals surface area contributed by atoms with Gasteiger partial charge in [-0.25, -0.2) is 18.0 Å². The highest BCUT2D eigenvalue weighted by Crippen LogP contribution is 2.40. The van der Waals surface area contributed by atoms with Crippen molar-refractivity contribution in [3.8, 4) is 0 Å². The summed E-state index contributed by atoms with van der Waals surface area (Å²) >= 11 is 0. The lowest BCUT2D eigenvalue weighted by Gasteiger charge is -2.23. The zero-order valence-electron chi connectivity index (χ0n) is 11.3. The highest BCUT2D eigenvalue weighted by molar-refractivity contribution is 5.96. The van der Waals surface area contributed by atoms with Crippen LogP contribution in [0.5, 0.6) is 0 Å². The van der Waals surface area contributed by atoms with Gasteiger partial charge in [-0.15, -0.1) is 0 Å². The van der Waals surface area contributed by atoms with Crippen molar-refractivity contribution < 1.29 is 22.7 Å². The number of fused-ring (bicyclic) bond motifs is 2. The third kappa shape index (κ3) is 1.65. The van der Waals surface area contributed by atoms with Crippen molar-refractivity contribution in [1.82, 2.24) is 4.57 Å². The molecule has 4 nitrogen and oxygen atoms in total. The Kier molecular flexibility index (Phi) is 2.64. The molecule has 0 N–H and O–H groups in total. The van der Waals surface area contributed by atoms with E-state index in [9.17, 15) is 22.8 Å². The number of aromatic nitrogens is 1. The van der Waals surface area contributed by atoms with Crippen molar-refractivity contribution in [2.45, 2.75) is 25.3 Å². The second-order valence-electron chi connectivity index (χ2n) is 5.52. The molecule has 1 aliphatic carbocycles. The van der Waals surface area contributed by atoms with Gasteiger partial charge in [-0.2, -0.15) is 0 Å². The van der Waals surface area contributed by atoms with Gasteiger partial charge in [0.1, 0.15) is 5.56 Å². The number of halogens is 3. The SMILES string of the molecule is O=C1OCCc2c1c(=O)c1cc(F)c(F)c(F)c1n2C1CC1. The largest absolute Gasteiger partial charge is 0.462 e. The fourth-order valence-corrected chi connectivity index (χ4v) is 3.02. The smallest absolute Gasteiger partial charge is 0.343 e. The molecule has 7 heteroatoms. The van der Waals surface area contributed by atoms with Crippen molar-refractivity contribution in [3.05, 3.63) is 45.0 Å². The molecule has 0 unspecified atom stereocenters. The van der Waals surface area contributed by atoms with E-state index >= 15 is 0 Å². The monoisotopic (exact) mass is 309 g/mol. The summed E-state index contributed by atoms with van der Waals surface area (Å²) in [6.45, 7) is 0.0782. The van der Waals surface area contributed by atoms with Crippen molar-refractivity contribution in [1.29, 1.82) is 0 Å². The molecule has 2 heterocycles. The second-order valence-corrected chi connectivity index (χ2v) is 5.52. The van der Waals surface area contributed by atoms with Crippen LogP contribution in [-0.4, -0.2) is 17.1 Å². The van der Waals surface area contributed by atoms with Gasteiger partial charge in [0.05, 0.1) is 17.5 Å². The summed E-state index contributed by atoms with van der Waals surface area (Å²) in [4.78, 5) is 24.3. The third-order valence-corrected chi connectivity index (χ3v) is 4.12. The van der Waals surface area contributed by atoms with Crippen LogP contribution in [0.1, 0.15) is 34.9 Å². The number of hydrogen-bond donors (Lipinski definition) is 0. The van der Waals surface area contributed by atoms with E-state index in [2.05, 4.69) is 0 Å². The number of carbonyl (C=O) groups is 1. The molecule has 114 valence electrons. The molecule has 1 aromatic carbocycles. The van der Waals surface area contributed by atoms with Crippen LogP contribution in [0.4, 0.5) is 13.2 Å². The van der Waals surface area contributed by atoms with Gasteiger partial charge < -0.3 is 9.30 Å². The third-order valence-electron chi connectivity index (χ3n) is 4.12. The number of rotatable bonds is 1. The van der Waals surface area contributed by atoms with Crippen LogP contribution < -0.4 is 5.43 Å². The molecule has 1 fully saturated rings. The Labute approximate surface area is 122 Å². The Balaban J connectivity index is 2.25. The van der Waals surface area contributed by atoms with Crippen LogP contribution in [0.25, 0.3) is 10.9 Å². The van der Waals surface area contributed by atoms with Crippen LogP contribution in [0, 0.1) is 17.5 Å². The summed E-state index contributed by atoms with van der Waals surface area (Å²) in [6, 6.07) is 0.541. The molecule has 2 aromatic rings. The molecule has 0 spiro atoms. The molecule has 0 saturated heterocycles. The molecule has 4 rings (SSSR count). The number of hydrogen-bond acceptors (Lipinski definition) is 3. The van der Waals surface area contributed by atoms with Gasteiger partial charge in [0, 0.05) is 18.2 Å². The van der Waals surface area contributed by atoms with Crippen LogP contribution >= 0.6 is 0 Å². The molecular formula is C15H10F3NO3. The summed E-state index contributed by atoms with van der Waals surface area (Å²) < 4.78 is 47.7. The molecular weight excluding hydrogens is 299 g/mol. The van der Waals surface area contributed by atoms with Gasteiger partial charge in [-0.3, -0.25) is 4.79 Å². The highest BCUT2D eigenvalue weighted by atomic mass is 19.2. The molecule has 0 radical (unpaired) electrons. The lowest BCUT2D eigenvalue weighted by molar-refractivity contribution is 0.0473. The number of cyclic esters (lactones) is 1. The summed E-state index contributed by atoms with van der Waals surface area (Å²) in [6.07, 6.45) is 1.72. The van der Waals surface area contributed by atoms with Gasteiger partial charge in [-0.1, -0.05) is 0 Å². The first kappa shape index (κ1) is 13.4. The molecule has 1 aliphatic heterocycles. The molecule has 0 amide bonds. The lowest BCUT2D eigenvalue weighted by Crippen LogP contribution is -2.31. The maximum absolute atomic E-state index is 14.3. The van der Waals surface area contributed by atoms with Gasteiger partial charge in [-0.05, 0) is 18.9 Å². The Hall–Kier alpha value is -2.31. The quantitative estimate of drug-likeness (QED) is 0.600. The van der Waals surface area contributed by atoms with E-state index in [4.69, 9.17) is 4.74 Å². The Morgan fingerprint density at radius 2 is 1.86 bits per heavy atom. The number of carbonyl (C=O) groups excluding carboxylic acids is 1. The zero-order valence-corrected chi connectivity index (χ0v) is 11.3. The van der Waals surface area contributed by atoms with E-state index in [1.165, 1.54) is 4.57 Å². The standard InChI is InChI=1S/C15H10F3NO3/c16-8-5-7-13(12(18)11(8)17)19(6-1-2-6)9-3-4-22-15(21)10(9)14(7)20/h5-6H,1-4H2. The Morgan fingerprint density at radius 1 is 1.14 bits per heavy atom. The predicted molar refractivity (Wildman–Crippen MR) is 70.3 cm³/mol. The van der Waals surface area contributed by atoms with E-state index in [0.29, 0.717) is 11.8 Å². The Morgan fingerprint density at radius 3 is 2.55 bits per heavy atom. The number of ether oxygens (including phenoxy) is 1. The van der Waals surface area contributed by atoms with Crippen molar-refractivity contribution >= 4 is 16.9 Å². The summed E-state index contributed by atoms with van der Waals surface area (Å²) in [5.74, 6) is -5.25. The summed E-state index contributed by atoms with van der Waals surface area (Å²) in [7, 11) is 0. The van der Waals surface area contributed by atoms with E-state index < -0.39 is 28.8 Å².